The molecule has 1 aromatic rings. The van der Waals surface area contributed by atoms with Crippen molar-refractivity contribution in [1.29, 1.82) is 0 Å². The van der Waals surface area contributed by atoms with Gasteiger partial charge in [0.05, 0.1) is 6.07 Å². The Labute approximate surface area is 55.0 Å². The zero-order valence-electron chi connectivity index (χ0n) is 4.13. The van der Waals surface area contributed by atoms with E-state index in [1.165, 1.54) is 0 Å². The molecule has 0 saturated carbocycles. The maximum atomic E-state index is 10.2. The highest BCUT2D eigenvalue weighted by molar-refractivity contribution is 6.67. The summed E-state index contributed by atoms with van der Waals surface area (Å²) < 4.78 is 4.18. The van der Waals surface area contributed by atoms with Crippen molar-refractivity contribution in [1.82, 2.24) is 5.16 Å². The van der Waals surface area contributed by atoms with Gasteiger partial charge in [-0.25, -0.2) is 0 Å². The van der Waals surface area contributed by atoms with E-state index < -0.39 is 11.1 Å². The quantitative estimate of drug-likeness (QED) is 0.559. The summed E-state index contributed by atoms with van der Waals surface area (Å²) in [5.41, 5.74) is 0. The monoisotopic (exact) mass is 146 g/mol. The van der Waals surface area contributed by atoms with Gasteiger partial charge in [0.1, 0.15) is 0 Å². The molecule has 0 saturated heterocycles. The van der Waals surface area contributed by atoms with Crippen LogP contribution < -0.4 is 0 Å². The minimum Gasteiger partial charge on any atom is -0.348 e. The molecular weight excluding hydrogens is 146 g/mol. The Morgan fingerprint density at radius 3 is 2.67 bits per heavy atom. The average molecular weight is 147 g/mol. The maximum Gasteiger partial charge on any atom is 0.309 e. The van der Waals surface area contributed by atoms with Crippen LogP contribution in [-0.2, 0) is 5.11 Å². The molecule has 47 valence electrons. The van der Waals surface area contributed by atoms with Gasteiger partial charge >= 0.3 is 5.88 Å². The van der Waals surface area contributed by atoms with E-state index >= 15 is 0 Å². The maximum absolute atomic E-state index is 10.2. The summed E-state index contributed by atoms with van der Waals surface area (Å²) in [6.45, 7) is 0. The topological polar surface area (TPSA) is 63.0 Å². The first kappa shape index (κ1) is 6.10. The van der Waals surface area contributed by atoms with Crippen LogP contribution in [0.1, 0.15) is 10.6 Å². The molecule has 0 spiro atoms. The largest absolute Gasteiger partial charge is 0.348 e. The lowest BCUT2D eigenvalue weighted by molar-refractivity contribution is 0.104. The van der Waals surface area contributed by atoms with E-state index in [9.17, 15) is 9.90 Å². The van der Waals surface area contributed by atoms with Crippen LogP contribution >= 0.6 is 11.6 Å². The van der Waals surface area contributed by atoms with Crippen LogP contribution in [0.4, 0.5) is 0 Å². The van der Waals surface area contributed by atoms with Gasteiger partial charge in [-0.15, -0.1) is 0 Å². The van der Waals surface area contributed by atoms with Crippen LogP contribution in [0.5, 0.6) is 5.88 Å². The number of halogens is 1. The lowest BCUT2D eigenvalue weighted by Gasteiger charge is -1.73. The van der Waals surface area contributed by atoms with Gasteiger partial charge in [-0.3, -0.25) is 9.90 Å². The van der Waals surface area contributed by atoms with E-state index in [1.54, 1.807) is 0 Å². The molecule has 5 heteroatoms. The summed E-state index contributed by atoms with van der Waals surface area (Å²) in [6.07, 6.45) is 0. The molecule has 9 heavy (non-hydrogen) atoms. The lowest BCUT2D eigenvalue weighted by Crippen LogP contribution is -1.81. The Kier molecular flexibility index (Phi) is 1.40. The molecule has 4 nitrogen and oxygen atoms in total. The van der Waals surface area contributed by atoms with Gasteiger partial charge in [-0.1, -0.05) is 0 Å². The number of hydrogen-bond acceptors (Lipinski definition) is 3. The minimum absolute atomic E-state index is 0.221. The fourth-order valence-electron chi connectivity index (χ4n) is 0.352. The molecule has 0 unspecified atom stereocenters. The Balaban J connectivity index is 2.98. The number of rotatable bonds is 1. The summed E-state index contributed by atoms with van der Waals surface area (Å²) in [4.78, 5) is 10.2. The predicted octanol–water partition coefficient (Wildman–Crippen LogP) is 1.20. The smallest absolute Gasteiger partial charge is 0.309 e. The Hall–Kier alpha value is -1.03. The normalized spacial score (nSPS) is 9.44. The van der Waals surface area contributed by atoms with Crippen molar-refractivity contribution < 1.29 is 14.4 Å². The highest BCUT2D eigenvalue weighted by Crippen LogP contribution is 2.10. The summed E-state index contributed by atoms with van der Waals surface area (Å²) >= 11 is 4.90. The molecular formula is C4HClNO3. The van der Waals surface area contributed by atoms with Crippen LogP contribution in [0, 0.1) is 0 Å². The van der Waals surface area contributed by atoms with Gasteiger partial charge < -0.3 is 4.52 Å². The molecule has 1 radical (unpaired) electrons. The standard InChI is InChI=1S/C4HClNO3/c5-4(8)2-1-3(7)6-9-2/h1H. The van der Waals surface area contributed by atoms with E-state index in [1.807, 2.05) is 0 Å². The van der Waals surface area contributed by atoms with Gasteiger partial charge in [0, 0.05) is 0 Å². The second kappa shape index (κ2) is 2.06. The van der Waals surface area contributed by atoms with Gasteiger partial charge in [-0.2, -0.15) is 0 Å². The van der Waals surface area contributed by atoms with E-state index in [0.717, 1.165) is 6.07 Å². The number of carbonyl (C=O) groups is 1. The van der Waals surface area contributed by atoms with Gasteiger partial charge in [0.15, 0.2) is 0 Å². The van der Waals surface area contributed by atoms with Crippen molar-refractivity contribution in [3.8, 4) is 5.88 Å². The summed E-state index contributed by atoms with van der Waals surface area (Å²) in [5.74, 6) is -0.819. The van der Waals surface area contributed by atoms with Crippen molar-refractivity contribution >= 4 is 16.8 Å². The van der Waals surface area contributed by atoms with Gasteiger partial charge in [0.2, 0.25) is 5.76 Å². The summed E-state index contributed by atoms with van der Waals surface area (Å²) in [5, 5.41) is 12.3. The van der Waals surface area contributed by atoms with Crippen LogP contribution in [0.2, 0.25) is 0 Å². The van der Waals surface area contributed by atoms with Crippen molar-refractivity contribution in [2.75, 3.05) is 0 Å². The van der Waals surface area contributed by atoms with Gasteiger partial charge in [0.25, 0.3) is 5.24 Å². The van der Waals surface area contributed by atoms with E-state index in [-0.39, 0.29) is 5.76 Å². The lowest BCUT2D eigenvalue weighted by atomic mass is 10.5. The van der Waals surface area contributed by atoms with Crippen LogP contribution in [0.3, 0.4) is 0 Å². The average Bonchev–Trinajstić information content (AvgIpc) is 2.14. The minimum atomic E-state index is -0.815. The first-order valence-electron chi connectivity index (χ1n) is 2.03. The number of hydrogen-bond donors (Lipinski definition) is 0. The van der Waals surface area contributed by atoms with Crippen LogP contribution in [0.25, 0.3) is 0 Å². The fourth-order valence-corrected chi connectivity index (χ4v) is 0.441. The summed E-state index contributed by atoms with van der Waals surface area (Å²) in [6, 6.07) is 0.926. The number of aromatic nitrogens is 1. The number of nitrogens with zero attached hydrogens (tertiary/aromatic N) is 1. The zero-order chi connectivity index (χ0) is 6.85. The highest BCUT2D eigenvalue weighted by Gasteiger charge is 2.09. The van der Waals surface area contributed by atoms with E-state index in [0.29, 0.717) is 0 Å². The van der Waals surface area contributed by atoms with E-state index in [4.69, 9.17) is 11.6 Å². The third-order valence-electron chi connectivity index (χ3n) is 0.682. The highest BCUT2D eigenvalue weighted by atomic mass is 35.5. The molecule has 0 bridgehead atoms. The van der Waals surface area contributed by atoms with Crippen molar-refractivity contribution in [2.24, 2.45) is 0 Å². The third kappa shape index (κ3) is 1.20. The second-order valence-corrected chi connectivity index (χ2v) is 1.65. The van der Waals surface area contributed by atoms with Crippen molar-refractivity contribution in [3.63, 3.8) is 0 Å². The molecule has 1 rings (SSSR count). The Morgan fingerprint density at radius 2 is 2.44 bits per heavy atom. The first-order chi connectivity index (χ1) is 4.20. The molecule has 0 aliphatic carbocycles. The van der Waals surface area contributed by atoms with Crippen molar-refractivity contribution in [2.45, 2.75) is 0 Å². The molecule has 0 fully saturated rings. The SMILES string of the molecule is [O]c1cc(C(=O)Cl)on1. The third-order valence-corrected chi connectivity index (χ3v) is 0.869. The molecule has 0 aromatic carbocycles. The first-order valence-corrected chi connectivity index (χ1v) is 2.41. The zero-order valence-corrected chi connectivity index (χ0v) is 4.88. The second-order valence-electron chi connectivity index (χ2n) is 1.30. The molecule has 1 aromatic heterocycles. The van der Waals surface area contributed by atoms with E-state index in [2.05, 4.69) is 9.68 Å². The Bertz CT molecular complexity index is 231. The summed E-state index contributed by atoms with van der Waals surface area (Å²) in [7, 11) is 0. The van der Waals surface area contributed by atoms with Crippen molar-refractivity contribution in [3.05, 3.63) is 11.8 Å². The molecule has 0 aliphatic rings. The molecule has 0 amide bonds. The van der Waals surface area contributed by atoms with Crippen LogP contribution in [-0.4, -0.2) is 10.4 Å². The molecule has 1 heterocycles. The predicted molar refractivity (Wildman–Crippen MR) is 26.8 cm³/mol. The Morgan fingerprint density at radius 1 is 1.78 bits per heavy atom. The molecule has 0 N–H and O–H groups in total. The molecule has 0 aliphatic heterocycles. The van der Waals surface area contributed by atoms with Gasteiger partial charge in [-0.05, 0) is 16.8 Å². The molecule has 0 atom stereocenters. The number of carbonyl (C=O) groups excluding carboxylic acids is 1. The van der Waals surface area contributed by atoms with Crippen LogP contribution in [0.15, 0.2) is 10.6 Å². The fraction of sp³-hybridized carbons (Fsp3) is 0.